The highest BCUT2D eigenvalue weighted by Crippen LogP contribution is 2.45. The average Bonchev–Trinajstić information content (AvgIpc) is 3.18. The van der Waals surface area contributed by atoms with Gasteiger partial charge >= 0.3 is 6.09 Å². The first-order chi connectivity index (χ1) is 16.1. The standard InChI is InChI=1S/C27H37N3O3Si/c1-17(2)34(18(3)4,19(5)6)30-13-11-24-25(10-12-28-26(24)30)33-23-9-8-21-14-20(7)29(27(31)32)16-22(21)15-23/h8-13,15,17-20H,14,16H2,1-7H3,(H,31,32). The highest BCUT2D eigenvalue weighted by atomic mass is 28.3. The Hall–Kier alpha value is -2.80. The molecule has 0 aliphatic carbocycles. The lowest BCUT2D eigenvalue weighted by molar-refractivity contribution is 0.119. The van der Waals surface area contributed by atoms with E-state index in [1.165, 1.54) is 10.5 Å². The summed E-state index contributed by atoms with van der Waals surface area (Å²) < 4.78 is 8.88. The van der Waals surface area contributed by atoms with Gasteiger partial charge in [-0.25, -0.2) is 9.78 Å². The summed E-state index contributed by atoms with van der Waals surface area (Å²) >= 11 is 0. The molecule has 1 amide bonds. The second-order valence-corrected chi connectivity index (χ2v) is 16.3. The van der Waals surface area contributed by atoms with Crippen LogP contribution < -0.4 is 4.74 Å². The predicted molar refractivity (Wildman–Crippen MR) is 139 cm³/mol. The van der Waals surface area contributed by atoms with Crippen LogP contribution in [0.2, 0.25) is 16.6 Å². The number of aromatic nitrogens is 2. The second kappa shape index (κ2) is 9.10. The zero-order valence-electron chi connectivity index (χ0n) is 21.4. The van der Waals surface area contributed by atoms with Crippen LogP contribution in [0.5, 0.6) is 11.5 Å². The Bertz CT molecular complexity index is 1180. The molecule has 1 aromatic carbocycles. The van der Waals surface area contributed by atoms with Crippen LogP contribution in [-0.4, -0.2) is 39.6 Å². The van der Waals surface area contributed by atoms with E-state index in [9.17, 15) is 9.90 Å². The van der Waals surface area contributed by atoms with Crippen molar-refractivity contribution in [3.63, 3.8) is 0 Å². The van der Waals surface area contributed by atoms with Crippen molar-refractivity contribution in [2.45, 2.75) is 84.1 Å². The number of carbonyl (C=O) groups is 1. The first-order valence-electron chi connectivity index (χ1n) is 12.3. The smallest absolute Gasteiger partial charge is 0.407 e. The molecule has 3 aromatic rings. The molecule has 2 aromatic heterocycles. The Labute approximate surface area is 203 Å². The van der Waals surface area contributed by atoms with E-state index in [0.29, 0.717) is 23.2 Å². The van der Waals surface area contributed by atoms with Crippen molar-refractivity contribution in [3.8, 4) is 11.5 Å². The molecule has 0 saturated heterocycles. The normalized spacial score (nSPS) is 16.5. The molecule has 1 unspecified atom stereocenters. The van der Waals surface area contributed by atoms with Crippen molar-refractivity contribution in [1.29, 1.82) is 0 Å². The Kier molecular flexibility index (Phi) is 6.51. The molecule has 1 aliphatic heterocycles. The third-order valence-corrected chi connectivity index (χ3v) is 14.5. The summed E-state index contributed by atoms with van der Waals surface area (Å²) in [4.78, 5) is 17.9. The van der Waals surface area contributed by atoms with Gasteiger partial charge in [0, 0.05) is 18.8 Å². The number of amides is 1. The summed E-state index contributed by atoms with van der Waals surface area (Å²) in [5, 5.41) is 10.5. The van der Waals surface area contributed by atoms with Crippen LogP contribution in [0.1, 0.15) is 59.6 Å². The fourth-order valence-corrected chi connectivity index (χ4v) is 13.0. The van der Waals surface area contributed by atoms with Gasteiger partial charge in [0.2, 0.25) is 0 Å². The van der Waals surface area contributed by atoms with Gasteiger partial charge in [0.05, 0.1) is 5.39 Å². The molecule has 1 N–H and O–H groups in total. The van der Waals surface area contributed by atoms with Gasteiger partial charge in [0.15, 0.2) is 8.24 Å². The molecule has 0 bridgehead atoms. The quantitative estimate of drug-likeness (QED) is 0.377. The number of ether oxygens (including phenoxy) is 1. The molecule has 0 spiro atoms. The van der Waals surface area contributed by atoms with E-state index in [2.05, 4.69) is 64.1 Å². The summed E-state index contributed by atoms with van der Waals surface area (Å²) in [6.45, 7) is 16.5. The lowest BCUT2D eigenvalue weighted by Gasteiger charge is -2.44. The van der Waals surface area contributed by atoms with E-state index in [1.807, 2.05) is 31.3 Å². The highest BCUT2D eigenvalue weighted by molar-refractivity contribution is 6.82. The summed E-state index contributed by atoms with van der Waals surface area (Å²) in [6, 6.07) is 10.1. The van der Waals surface area contributed by atoms with E-state index in [0.717, 1.165) is 34.5 Å². The fraction of sp³-hybridized carbons (Fsp3) is 0.481. The molecule has 0 fully saturated rings. The third kappa shape index (κ3) is 3.90. The maximum absolute atomic E-state index is 11.6. The van der Waals surface area contributed by atoms with Crippen LogP contribution >= 0.6 is 0 Å². The van der Waals surface area contributed by atoms with Gasteiger partial charge in [-0.15, -0.1) is 0 Å². The number of hydrogen-bond donors (Lipinski definition) is 1. The number of rotatable bonds is 6. The highest BCUT2D eigenvalue weighted by Gasteiger charge is 2.46. The van der Waals surface area contributed by atoms with Gasteiger partial charge in [-0.3, -0.25) is 0 Å². The minimum Gasteiger partial charge on any atom is -0.465 e. The van der Waals surface area contributed by atoms with Crippen molar-refractivity contribution >= 4 is 25.4 Å². The number of nitrogens with zero attached hydrogens (tertiary/aromatic N) is 3. The first kappa shape index (κ1) is 24.3. The molecule has 34 heavy (non-hydrogen) atoms. The maximum Gasteiger partial charge on any atom is 0.407 e. The van der Waals surface area contributed by atoms with Crippen LogP contribution in [0.15, 0.2) is 42.7 Å². The van der Waals surface area contributed by atoms with Crippen molar-refractivity contribution in [2.75, 3.05) is 0 Å². The third-order valence-electron chi connectivity index (χ3n) is 7.78. The van der Waals surface area contributed by atoms with Crippen molar-refractivity contribution < 1.29 is 14.6 Å². The lowest BCUT2D eigenvalue weighted by atomic mass is 9.95. The lowest BCUT2D eigenvalue weighted by Crippen LogP contribution is -2.51. The van der Waals surface area contributed by atoms with Gasteiger partial charge in [0.25, 0.3) is 0 Å². The van der Waals surface area contributed by atoms with Crippen LogP contribution in [0, 0.1) is 0 Å². The minimum absolute atomic E-state index is 0.0244. The fourth-order valence-electron chi connectivity index (χ4n) is 6.41. The number of fused-ring (bicyclic) bond motifs is 2. The molecule has 182 valence electrons. The minimum atomic E-state index is -1.94. The summed E-state index contributed by atoms with van der Waals surface area (Å²) in [7, 11) is -1.94. The number of hydrogen-bond acceptors (Lipinski definition) is 3. The molecule has 4 rings (SSSR count). The zero-order valence-corrected chi connectivity index (χ0v) is 22.4. The average molecular weight is 480 g/mol. The van der Waals surface area contributed by atoms with E-state index >= 15 is 0 Å². The van der Waals surface area contributed by atoms with Crippen LogP contribution in [-0.2, 0) is 13.0 Å². The molecule has 3 heterocycles. The Balaban J connectivity index is 1.73. The molecule has 0 saturated carbocycles. The molecule has 7 heteroatoms. The van der Waals surface area contributed by atoms with E-state index in [-0.39, 0.29) is 6.04 Å². The van der Waals surface area contributed by atoms with Gasteiger partial charge in [0.1, 0.15) is 17.1 Å². The van der Waals surface area contributed by atoms with Gasteiger partial charge in [-0.1, -0.05) is 47.6 Å². The summed E-state index contributed by atoms with van der Waals surface area (Å²) in [6.07, 6.45) is 3.89. The molecule has 0 radical (unpaired) electrons. The van der Waals surface area contributed by atoms with Gasteiger partial charge in [-0.05, 0) is 71.6 Å². The Morgan fingerprint density at radius 2 is 1.74 bits per heavy atom. The SMILES string of the molecule is CC1Cc2ccc(Oc3ccnc4c3ccn4[Si](C(C)C)(C(C)C)C(C)C)cc2CN1C(=O)O. The van der Waals surface area contributed by atoms with Crippen LogP contribution in [0.4, 0.5) is 4.79 Å². The van der Waals surface area contributed by atoms with Crippen molar-refractivity contribution in [3.05, 3.63) is 53.9 Å². The largest absolute Gasteiger partial charge is 0.465 e. The van der Waals surface area contributed by atoms with E-state index < -0.39 is 14.3 Å². The summed E-state index contributed by atoms with van der Waals surface area (Å²) in [5.41, 5.74) is 4.87. The summed E-state index contributed by atoms with van der Waals surface area (Å²) in [5.74, 6) is 1.50. The van der Waals surface area contributed by atoms with Gasteiger partial charge in [-0.2, -0.15) is 0 Å². The zero-order chi connectivity index (χ0) is 24.8. The molecule has 1 atom stereocenters. The monoisotopic (exact) mass is 479 g/mol. The predicted octanol–water partition coefficient (Wildman–Crippen LogP) is 7.28. The van der Waals surface area contributed by atoms with E-state index in [1.54, 1.807) is 0 Å². The second-order valence-electron chi connectivity index (χ2n) is 10.6. The first-order valence-corrected chi connectivity index (χ1v) is 14.5. The maximum atomic E-state index is 11.6. The van der Waals surface area contributed by atoms with Crippen molar-refractivity contribution in [2.24, 2.45) is 0 Å². The number of pyridine rings is 1. The molecule has 6 nitrogen and oxygen atoms in total. The molecular weight excluding hydrogens is 442 g/mol. The number of carboxylic acid groups (broad SMARTS) is 1. The Morgan fingerprint density at radius 1 is 1.06 bits per heavy atom. The van der Waals surface area contributed by atoms with Crippen LogP contribution in [0.25, 0.3) is 11.0 Å². The molecular formula is C27H37N3O3Si. The number of benzene rings is 1. The van der Waals surface area contributed by atoms with Crippen LogP contribution in [0.3, 0.4) is 0 Å². The Morgan fingerprint density at radius 3 is 2.35 bits per heavy atom. The van der Waals surface area contributed by atoms with Gasteiger partial charge < -0.3 is 19.0 Å². The molecule has 1 aliphatic rings. The van der Waals surface area contributed by atoms with Crippen molar-refractivity contribution in [1.82, 2.24) is 14.1 Å². The topological polar surface area (TPSA) is 67.6 Å². The van der Waals surface area contributed by atoms with E-state index in [4.69, 9.17) is 9.72 Å².